The molecule has 0 amide bonds. The average Bonchev–Trinajstić information content (AvgIpc) is 2.93. The Morgan fingerprint density at radius 3 is 1.66 bits per heavy atom. The molecule has 4 rings (SSSR count). The van der Waals surface area contributed by atoms with E-state index in [4.69, 9.17) is 14.2 Å². The molecule has 0 spiro atoms. The minimum atomic E-state index is -0.800. The molecule has 38 heavy (non-hydrogen) atoms. The lowest BCUT2D eigenvalue weighted by molar-refractivity contribution is 0.404. The molecule has 0 N–H and O–H groups in total. The molecule has 0 aliphatic rings. The van der Waals surface area contributed by atoms with E-state index in [2.05, 4.69) is 0 Å². The van der Waals surface area contributed by atoms with Crippen LogP contribution in [0.4, 0.5) is 4.39 Å². The first-order chi connectivity index (χ1) is 18.4. The number of benzene rings is 4. The summed E-state index contributed by atoms with van der Waals surface area (Å²) in [5, 5.41) is 20.0. The summed E-state index contributed by atoms with van der Waals surface area (Å²) in [7, 11) is 3.09. The van der Waals surface area contributed by atoms with E-state index in [0.717, 1.165) is 22.9 Å². The van der Waals surface area contributed by atoms with Crippen molar-refractivity contribution in [1.29, 1.82) is 10.5 Å². The van der Waals surface area contributed by atoms with Crippen molar-refractivity contribution in [2.45, 2.75) is 33.4 Å². The topological polar surface area (TPSA) is 75.3 Å². The van der Waals surface area contributed by atoms with Crippen LogP contribution in [0.3, 0.4) is 0 Å². The lowest BCUT2D eigenvalue weighted by Gasteiger charge is -2.21. The highest BCUT2D eigenvalue weighted by Crippen LogP contribution is 2.52. The molecule has 0 aliphatic carbocycles. The Kier molecular flexibility index (Phi) is 8.48. The van der Waals surface area contributed by atoms with Crippen LogP contribution < -0.4 is 14.2 Å². The fraction of sp³-hybridized carbons (Fsp3) is 0.133. The molecule has 0 aliphatic heterocycles. The molecule has 190 valence electrons. The van der Waals surface area contributed by atoms with Crippen LogP contribution in [-0.4, -0.2) is 14.2 Å². The van der Waals surface area contributed by atoms with Gasteiger partial charge in [-0.15, -0.1) is 0 Å². The van der Waals surface area contributed by atoms with Gasteiger partial charge in [0.05, 0.1) is 33.8 Å². The molecule has 0 aromatic heterocycles. The summed E-state index contributed by atoms with van der Waals surface area (Å²) < 4.78 is 33.6. The molecule has 4 aromatic carbocycles. The van der Waals surface area contributed by atoms with Gasteiger partial charge in [0.15, 0.2) is 11.6 Å². The van der Waals surface area contributed by atoms with Crippen LogP contribution in [0.5, 0.6) is 23.0 Å². The monoisotopic (exact) mass is 542 g/mol. The Hall–Kier alpha value is -4.11. The number of halogens is 1. The lowest BCUT2D eigenvalue weighted by Crippen LogP contribution is -2.03. The smallest absolute Gasteiger partial charge is 0.161 e. The largest absolute Gasteiger partial charge is 0.496 e. The van der Waals surface area contributed by atoms with Gasteiger partial charge >= 0.3 is 0 Å². The molecule has 4 aromatic rings. The first-order valence-corrected chi connectivity index (χ1v) is 13.1. The normalized spacial score (nSPS) is 10.4. The first-order valence-electron chi connectivity index (χ1n) is 11.5. The first kappa shape index (κ1) is 26.9. The fourth-order valence-electron chi connectivity index (χ4n) is 3.83. The Balaban J connectivity index is 2.05. The third-order valence-electron chi connectivity index (χ3n) is 5.71. The number of para-hydroxylation sites is 3. The van der Waals surface area contributed by atoms with Crippen LogP contribution in [0.2, 0.25) is 0 Å². The van der Waals surface area contributed by atoms with Gasteiger partial charge in [-0.1, -0.05) is 66.0 Å². The highest BCUT2D eigenvalue weighted by Gasteiger charge is 2.29. The standard InChI is InChI=1S/C30H23FN2O3S2/c1-18-10-9-11-19(2)27(18)36-28-21(17-33)20(16-32)26(31)29(37-24-14-7-5-12-22(24)34-3)30(28)38-25-15-8-6-13-23(25)35-4/h5-15H,1-4H3. The van der Waals surface area contributed by atoms with Gasteiger partial charge in [0.1, 0.15) is 40.5 Å². The van der Waals surface area contributed by atoms with Gasteiger partial charge in [-0.25, -0.2) is 4.39 Å². The third kappa shape index (κ3) is 5.28. The second-order valence-corrected chi connectivity index (χ2v) is 10.2. The maximum absolute atomic E-state index is 16.1. The summed E-state index contributed by atoms with van der Waals surface area (Å²) in [4.78, 5) is 1.82. The van der Waals surface area contributed by atoms with Crippen molar-refractivity contribution in [3.8, 4) is 35.1 Å². The zero-order valence-corrected chi connectivity index (χ0v) is 22.8. The highest BCUT2D eigenvalue weighted by molar-refractivity contribution is 8.02. The van der Waals surface area contributed by atoms with E-state index in [-0.39, 0.29) is 21.8 Å². The number of methoxy groups -OCH3 is 2. The molecule has 0 saturated heterocycles. The van der Waals surface area contributed by atoms with E-state index in [1.165, 1.54) is 18.9 Å². The molecule has 0 heterocycles. The summed E-state index contributed by atoms with van der Waals surface area (Å²) in [6.45, 7) is 3.78. The number of nitrogens with zero attached hydrogens (tertiary/aromatic N) is 2. The van der Waals surface area contributed by atoms with E-state index < -0.39 is 5.82 Å². The summed E-state index contributed by atoms with van der Waals surface area (Å²) in [5.74, 6) is 0.967. The summed E-state index contributed by atoms with van der Waals surface area (Å²) in [5.41, 5.74) is 1.12. The van der Waals surface area contributed by atoms with Crippen molar-refractivity contribution < 1.29 is 18.6 Å². The van der Waals surface area contributed by atoms with Gasteiger partial charge in [-0.05, 0) is 49.2 Å². The van der Waals surface area contributed by atoms with Crippen molar-refractivity contribution in [2.24, 2.45) is 0 Å². The predicted octanol–water partition coefficient (Wildman–Crippen LogP) is 8.30. The summed E-state index contributed by atoms with van der Waals surface area (Å²) >= 11 is 2.31. The van der Waals surface area contributed by atoms with Gasteiger partial charge in [-0.2, -0.15) is 10.5 Å². The van der Waals surface area contributed by atoms with Gasteiger partial charge in [0.25, 0.3) is 0 Å². The Morgan fingerprint density at radius 2 is 1.16 bits per heavy atom. The quantitative estimate of drug-likeness (QED) is 0.222. The molecular formula is C30H23FN2O3S2. The Bertz CT molecular complexity index is 1570. The van der Waals surface area contributed by atoms with Crippen molar-refractivity contribution in [1.82, 2.24) is 0 Å². The van der Waals surface area contributed by atoms with E-state index >= 15 is 4.39 Å². The number of nitriles is 2. The molecule has 0 saturated carbocycles. The van der Waals surface area contributed by atoms with Gasteiger partial charge in [0, 0.05) is 0 Å². The zero-order valence-electron chi connectivity index (χ0n) is 21.2. The van der Waals surface area contributed by atoms with E-state index in [1.54, 1.807) is 25.3 Å². The molecule has 0 unspecified atom stereocenters. The van der Waals surface area contributed by atoms with E-state index in [1.807, 2.05) is 74.5 Å². The Morgan fingerprint density at radius 1 is 0.658 bits per heavy atom. The van der Waals surface area contributed by atoms with E-state index in [9.17, 15) is 10.5 Å². The van der Waals surface area contributed by atoms with Gasteiger partial charge in [-0.3, -0.25) is 0 Å². The SMILES string of the molecule is COc1ccccc1Sc1c(F)c(C#N)c(C#N)c(Oc2c(C)cccc2C)c1Sc1ccccc1OC. The molecular weight excluding hydrogens is 519 g/mol. The van der Waals surface area contributed by atoms with Crippen LogP contribution >= 0.6 is 23.5 Å². The molecule has 0 bridgehead atoms. The maximum Gasteiger partial charge on any atom is 0.161 e. The zero-order chi connectivity index (χ0) is 27.2. The number of aryl methyl sites for hydroxylation is 2. The van der Waals surface area contributed by atoms with Crippen molar-refractivity contribution >= 4 is 23.5 Å². The maximum atomic E-state index is 16.1. The van der Waals surface area contributed by atoms with Crippen molar-refractivity contribution in [3.05, 3.63) is 94.8 Å². The molecule has 0 radical (unpaired) electrons. The molecule has 5 nitrogen and oxygen atoms in total. The number of ether oxygens (including phenoxy) is 3. The Labute approximate surface area is 229 Å². The lowest BCUT2D eigenvalue weighted by atomic mass is 10.1. The van der Waals surface area contributed by atoms with Crippen LogP contribution in [0.15, 0.2) is 86.3 Å². The minimum absolute atomic E-state index is 0.108. The predicted molar refractivity (Wildman–Crippen MR) is 146 cm³/mol. The second-order valence-electron chi connectivity index (χ2n) is 8.10. The fourth-order valence-corrected chi connectivity index (χ4v) is 6.12. The number of rotatable bonds is 8. The minimum Gasteiger partial charge on any atom is -0.496 e. The van der Waals surface area contributed by atoms with Crippen molar-refractivity contribution in [3.63, 3.8) is 0 Å². The number of hydrogen-bond acceptors (Lipinski definition) is 7. The summed E-state index contributed by atoms with van der Waals surface area (Å²) in [6.07, 6.45) is 0. The molecule has 0 atom stereocenters. The average molecular weight is 543 g/mol. The highest BCUT2D eigenvalue weighted by atomic mass is 32.2. The third-order valence-corrected chi connectivity index (χ3v) is 8.13. The van der Waals surface area contributed by atoms with Crippen LogP contribution in [0.25, 0.3) is 0 Å². The summed E-state index contributed by atoms with van der Waals surface area (Å²) in [6, 6.07) is 24.1. The van der Waals surface area contributed by atoms with Gasteiger partial charge < -0.3 is 14.2 Å². The van der Waals surface area contributed by atoms with Crippen LogP contribution in [0, 0.1) is 42.3 Å². The van der Waals surface area contributed by atoms with Gasteiger partial charge in [0.2, 0.25) is 0 Å². The van der Waals surface area contributed by atoms with E-state index in [0.29, 0.717) is 31.9 Å². The second kappa shape index (κ2) is 12.0. The van der Waals surface area contributed by atoms with Crippen LogP contribution in [0.1, 0.15) is 22.3 Å². The molecule has 0 fully saturated rings. The molecule has 8 heteroatoms. The van der Waals surface area contributed by atoms with Crippen LogP contribution in [-0.2, 0) is 0 Å². The number of hydrogen-bond donors (Lipinski definition) is 0. The van der Waals surface area contributed by atoms with Crippen molar-refractivity contribution in [2.75, 3.05) is 14.2 Å².